The summed E-state index contributed by atoms with van der Waals surface area (Å²) >= 11 is 0. The number of primary amides is 1. The number of nitrogens with zero attached hydrogens (tertiary/aromatic N) is 2. The Morgan fingerprint density at radius 3 is 2.21 bits per heavy atom. The molecule has 4 rings (SSSR count). The average Bonchev–Trinajstić information content (AvgIpc) is 2.83. The zero-order chi connectivity index (χ0) is 24.1. The quantitative estimate of drug-likeness (QED) is 0.617. The lowest BCUT2D eigenvalue weighted by atomic mass is 9.78. The second-order valence-corrected chi connectivity index (χ2v) is 9.39. The summed E-state index contributed by atoms with van der Waals surface area (Å²) in [6.45, 7) is 4.12. The summed E-state index contributed by atoms with van der Waals surface area (Å²) in [5, 5.41) is 0. The zero-order valence-corrected chi connectivity index (χ0v) is 19.3. The van der Waals surface area contributed by atoms with Crippen molar-refractivity contribution in [2.45, 2.75) is 38.2 Å². The smallest absolute Gasteiger partial charge is 0.258 e. The maximum absolute atomic E-state index is 14.1. The van der Waals surface area contributed by atoms with Crippen molar-refractivity contribution >= 4 is 11.6 Å². The summed E-state index contributed by atoms with van der Waals surface area (Å²) in [6, 6.07) is 9.39. The van der Waals surface area contributed by atoms with Crippen LogP contribution in [0.25, 0.3) is 0 Å². The first-order valence-electron chi connectivity index (χ1n) is 12.0. The second kappa shape index (κ2) is 11.1. The van der Waals surface area contributed by atoms with E-state index in [2.05, 4.69) is 4.90 Å². The molecule has 2 fully saturated rings. The van der Waals surface area contributed by atoms with E-state index in [9.17, 15) is 18.0 Å². The van der Waals surface area contributed by atoms with Gasteiger partial charge < -0.3 is 15.4 Å². The first-order chi connectivity index (χ1) is 16.4. The number of piperazine rings is 1. The molecule has 2 aromatic carbocycles. The highest BCUT2D eigenvalue weighted by Gasteiger charge is 2.33. The van der Waals surface area contributed by atoms with Gasteiger partial charge in [0.05, 0.1) is 5.69 Å². The number of benzene rings is 2. The fourth-order valence-electron chi connectivity index (χ4n) is 5.14. The molecule has 8 heteroatoms. The number of amides is 1. The molecule has 1 unspecified atom stereocenters. The van der Waals surface area contributed by atoms with E-state index in [1.807, 2.05) is 4.90 Å². The zero-order valence-electron chi connectivity index (χ0n) is 19.3. The summed E-state index contributed by atoms with van der Waals surface area (Å²) in [7, 11) is 0. The van der Waals surface area contributed by atoms with Crippen LogP contribution < -0.4 is 15.4 Å². The Hall–Kier alpha value is -2.74. The van der Waals surface area contributed by atoms with Gasteiger partial charge in [-0.15, -0.1) is 0 Å². The molecule has 0 spiro atoms. The van der Waals surface area contributed by atoms with Crippen LogP contribution in [0.1, 0.15) is 32.1 Å². The van der Waals surface area contributed by atoms with Gasteiger partial charge in [-0.2, -0.15) is 0 Å². The molecule has 5 nitrogen and oxygen atoms in total. The Kier molecular flexibility index (Phi) is 7.98. The lowest BCUT2D eigenvalue weighted by Gasteiger charge is -2.37. The fraction of sp³-hybridized carbons (Fsp3) is 0.500. The molecule has 2 N–H and O–H groups in total. The molecule has 2 aromatic rings. The van der Waals surface area contributed by atoms with Gasteiger partial charge in [0.2, 0.25) is 0 Å². The second-order valence-electron chi connectivity index (χ2n) is 9.39. The minimum Gasteiger partial charge on any atom is -0.480 e. The molecule has 1 amide bonds. The predicted molar refractivity (Wildman–Crippen MR) is 125 cm³/mol. The first kappa shape index (κ1) is 24.4. The van der Waals surface area contributed by atoms with E-state index in [4.69, 9.17) is 10.5 Å². The van der Waals surface area contributed by atoms with Crippen LogP contribution in [0, 0.1) is 29.3 Å². The van der Waals surface area contributed by atoms with Crippen LogP contribution in [0.5, 0.6) is 5.75 Å². The normalized spacial score (nSPS) is 22.4. The molecule has 34 heavy (non-hydrogen) atoms. The molecule has 0 aromatic heterocycles. The van der Waals surface area contributed by atoms with Crippen LogP contribution in [0.15, 0.2) is 42.5 Å². The Bertz CT molecular complexity index is 956. The maximum atomic E-state index is 14.1. The Morgan fingerprint density at radius 1 is 0.941 bits per heavy atom. The van der Waals surface area contributed by atoms with Crippen LogP contribution in [-0.2, 0) is 4.79 Å². The fourth-order valence-corrected chi connectivity index (χ4v) is 5.14. The molecule has 2 aliphatic rings. The number of hydrogen-bond acceptors (Lipinski definition) is 4. The minimum absolute atomic E-state index is 0.0629. The number of rotatable bonds is 8. The van der Waals surface area contributed by atoms with Crippen molar-refractivity contribution in [1.29, 1.82) is 0 Å². The van der Waals surface area contributed by atoms with Gasteiger partial charge in [-0.25, -0.2) is 13.2 Å². The van der Waals surface area contributed by atoms with Gasteiger partial charge >= 0.3 is 0 Å². The Labute approximate surface area is 198 Å². The SMILES string of the molecule is NC(=O)C(Oc1ccc(F)cc1)C1CCC(CCN2CCN(c3ccc(F)cc3F)CC2)CC1. The highest BCUT2D eigenvalue weighted by molar-refractivity contribution is 5.79. The van der Waals surface area contributed by atoms with Crippen molar-refractivity contribution in [3.05, 3.63) is 59.9 Å². The summed E-state index contributed by atoms with van der Waals surface area (Å²) < 4.78 is 46.2. The van der Waals surface area contributed by atoms with Crippen LogP contribution in [0.4, 0.5) is 18.9 Å². The van der Waals surface area contributed by atoms with E-state index in [0.717, 1.165) is 70.9 Å². The van der Waals surface area contributed by atoms with E-state index in [-0.39, 0.29) is 11.7 Å². The summed E-state index contributed by atoms with van der Waals surface area (Å²) in [6.07, 6.45) is 4.15. The number of hydrogen-bond donors (Lipinski definition) is 1. The van der Waals surface area contributed by atoms with E-state index in [1.54, 1.807) is 0 Å². The third kappa shape index (κ3) is 6.23. The van der Waals surface area contributed by atoms with Gasteiger partial charge in [0.25, 0.3) is 5.91 Å². The third-order valence-corrected chi connectivity index (χ3v) is 7.15. The topological polar surface area (TPSA) is 58.8 Å². The molecular formula is C26H32F3N3O2. The van der Waals surface area contributed by atoms with Gasteiger partial charge in [0.1, 0.15) is 23.2 Å². The van der Waals surface area contributed by atoms with Crippen molar-refractivity contribution in [2.24, 2.45) is 17.6 Å². The highest BCUT2D eigenvalue weighted by Crippen LogP contribution is 2.34. The van der Waals surface area contributed by atoms with Crippen molar-refractivity contribution in [1.82, 2.24) is 4.90 Å². The maximum Gasteiger partial charge on any atom is 0.258 e. The number of halogens is 3. The van der Waals surface area contributed by atoms with E-state index < -0.39 is 23.6 Å². The van der Waals surface area contributed by atoms with Gasteiger partial charge in [-0.1, -0.05) is 0 Å². The number of carbonyl (C=O) groups excluding carboxylic acids is 1. The Balaban J connectivity index is 1.20. The van der Waals surface area contributed by atoms with Gasteiger partial charge in [0, 0.05) is 38.2 Å². The van der Waals surface area contributed by atoms with Crippen LogP contribution in [0.3, 0.4) is 0 Å². The molecule has 1 aliphatic heterocycles. The van der Waals surface area contributed by atoms with Crippen LogP contribution in [0.2, 0.25) is 0 Å². The molecule has 184 valence electrons. The molecule has 0 radical (unpaired) electrons. The summed E-state index contributed by atoms with van der Waals surface area (Å²) in [4.78, 5) is 16.4. The monoisotopic (exact) mass is 475 g/mol. The third-order valence-electron chi connectivity index (χ3n) is 7.15. The standard InChI is InChI=1S/C26H32F3N3O2/c27-20-5-8-22(9-6-20)34-25(26(30)33)19-3-1-18(2-4-19)11-12-31-13-15-32(16-14-31)24-10-7-21(28)17-23(24)29/h5-10,17-19,25H,1-4,11-16H2,(H2,30,33). The lowest BCUT2D eigenvalue weighted by Crippen LogP contribution is -2.47. The largest absolute Gasteiger partial charge is 0.480 e. The molecule has 1 heterocycles. The van der Waals surface area contributed by atoms with Crippen molar-refractivity contribution in [3.63, 3.8) is 0 Å². The number of ether oxygens (including phenoxy) is 1. The number of carbonyl (C=O) groups is 1. The molecular weight excluding hydrogens is 443 g/mol. The Morgan fingerprint density at radius 2 is 1.59 bits per heavy atom. The van der Waals surface area contributed by atoms with Crippen LogP contribution in [-0.4, -0.2) is 49.6 Å². The average molecular weight is 476 g/mol. The molecule has 1 saturated carbocycles. The number of nitrogens with two attached hydrogens (primary N) is 1. The summed E-state index contributed by atoms with van der Waals surface area (Å²) in [5.41, 5.74) is 6.08. The van der Waals surface area contributed by atoms with Crippen LogP contribution >= 0.6 is 0 Å². The minimum atomic E-state index is -0.702. The predicted octanol–water partition coefficient (Wildman–Crippen LogP) is 4.36. The van der Waals surface area contributed by atoms with Crippen molar-refractivity contribution in [3.8, 4) is 5.75 Å². The van der Waals surface area contributed by atoms with Gasteiger partial charge in [0.15, 0.2) is 6.10 Å². The van der Waals surface area contributed by atoms with E-state index >= 15 is 0 Å². The molecule has 1 atom stereocenters. The van der Waals surface area contributed by atoms with E-state index in [0.29, 0.717) is 17.4 Å². The van der Waals surface area contributed by atoms with Crippen molar-refractivity contribution in [2.75, 3.05) is 37.6 Å². The summed E-state index contributed by atoms with van der Waals surface area (Å²) in [5.74, 6) is -0.805. The van der Waals surface area contributed by atoms with Gasteiger partial charge in [-0.3, -0.25) is 9.69 Å². The van der Waals surface area contributed by atoms with Crippen molar-refractivity contribution < 1.29 is 22.7 Å². The van der Waals surface area contributed by atoms with Gasteiger partial charge in [-0.05, 0) is 81.0 Å². The molecule has 0 bridgehead atoms. The number of anilines is 1. The molecule has 1 aliphatic carbocycles. The van der Waals surface area contributed by atoms with E-state index in [1.165, 1.54) is 36.4 Å². The molecule has 1 saturated heterocycles. The highest BCUT2D eigenvalue weighted by atomic mass is 19.1. The first-order valence-corrected chi connectivity index (χ1v) is 12.0. The lowest BCUT2D eigenvalue weighted by molar-refractivity contribution is -0.127.